The molecular formula is C84H86N4O2Si2. The number of rotatable bonds is 6. The molecule has 0 unspecified atom stereocenters. The van der Waals surface area contributed by atoms with Crippen molar-refractivity contribution in [3.63, 3.8) is 0 Å². The van der Waals surface area contributed by atoms with E-state index >= 15 is 0 Å². The molecule has 0 bridgehead atoms. The summed E-state index contributed by atoms with van der Waals surface area (Å²) in [6.07, 6.45) is 40.0. The van der Waals surface area contributed by atoms with Gasteiger partial charge in [-0.05, 0) is 57.5 Å². The van der Waals surface area contributed by atoms with Gasteiger partial charge in [0.25, 0.3) is 0 Å². The molecule has 6 aliphatic carbocycles. The number of nitrogens with zero attached hydrogens (tertiary/aromatic N) is 4. The molecule has 0 saturated heterocycles. The summed E-state index contributed by atoms with van der Waals surface area (Å²) in [7, 11) is -4.77. The second-order valence-corrected chi connectivity index (χ2v) is 38.7. The molecule has 0 radical (unpaired) electrons. The van der Waals surface area contributed by atoms with Crippen LogP contribution in [0, 0.1) is 22.9 Å². The Bertz CT molecular complexity index is 4410. The quantitative estimate of drug-likeness (QED) is 0.0937. The minimum Gasteiger partial charge on any atom is -0.289 e. The molecule has 0 N–H and O–H groups in total. The van der Waals surface area contributed by atoms with E-state index in [4.69, 9.17) is 31.0 Å². The summed E-state index contributed by atoms with van der Waals surface area (Å²) >= 11 is 0. The van der Waals surface area contributed by atoms with Crippen LogP contribution >= 0.6 is 0 Å². The van der Waals surface area contributed by atoms with Crippen molar-refractivity contribution in [1.82, 2.24) is 19.9 Å². The van der Waals surface area contributed by atoms with Crippen LogP contribution in [-0.4, -0.2) is 36.1 Å². The normalized spacial score (nSPS) is 19.4. The maximum atomic E-state index is 14.7. The van der Waals surface area contributed by atoms with Crippen LogP contribution in [0.5, 0.6) is 0 Å². The van der Waals surface area contributed by atoms with Gasteiger partial charge in [-0.1, -0.05) is 302 Å². The van der Waals surface area contributed by atoms with Crippen molar-refractivity contribution in [3.05, 3.63) is 153 Å². The summed E-state index contributed by atoms with van der Waals surface area (Å²) in [6.45, 7) is 0. The van der Waals surface area contributed by atoms with Crippen LogP contribution in [0.4, 0.5) is 0 Å². The summed E-state index contributed by atoms with van der Waals surface area (Å²) in [4.78, 5) is 52.5. The molecular weight excluding hydrogens is 1150 g/mol. The molecule has 2 aromatic heterocycles. The zero-order chi connectivity index (χ0) is 61.3. The highest BCUT2D eigenvalue weighted by Crippen LogP contribution is 2.59. The Morgan fingerprint density at radius 1 is 0.261 bits per heavy atom. The largest absolute Gasteiger partial charge is 0.289 e. The third kappa shape index (κ3) is 9.83. The number of hydrogen-bond acceptors (Lipinski definition) is 6. The highest BCUT2D eigenvalue weighted by Gasteiger charge is 2.54. The Hall–Kier alpha value is -7.37. The van der Waals surface area contributed by atoms with E-state index in [0.717, 1.165) is 98.4 Å². The van der Waals surface area contributed by atoms with E-state index in [-0.39, 0.29) is 10.9 Å². The number of hydrogen-bond donors (Lipinski definition) is 0. The van der Waals surface area contributed by atoms with Gasteiger partial charge in [-0.15, -0.1) is 11.1 Å². The molecule has 9 aromatic carbocycles. The molecule has 462 valence electrons. The second-order valence-electron chi connectivity index (χ2n) is 29.6. The van der Waals surface area contributed by atoms with Crippen LogP contribution in [0.2, 0.25) is 33.2 Å². The first-order valence-corrected chi connectivity index (χ1v) is 40.9. The first kappa shape index (κ1) is 58.5. The fourth-order valence-corrected chi connectivity index (χ4v) is 34.7. The maximum absolute atomic E-state index is 14.7. The molecule has 92 heavy (non-hydrogen) atoms. The van der Waals surface area contributed by atoms with Gasteiger partial charge in [-0.3, -0.25) is 9.59 Å². The van der Waals surface area contributed by atoms with Crippen LogP contribution in [0.25, 0.3) is 109 Å². The van der Waals surface area contributed by atoms with Gasteiger partial charge >= 0.3 is 0 Å². The van der Waals surface area contributed by atoms with Crippen molar-refractivity contribution < 1.29 is 0 Å². The Kier molecular flexibility index (Phi) is 15.6. The van der Waals surface area contributed by atoms with E-state index in [2.05, 4.69) is 60.4 Å². The topological polar surface area (TPSA) is 85.7 Å². The third-order valence-corrected chi connectivity index (χ3v) is 37.6. The van der Waals surface area contributed by atoms with Crippen LogP contribution < -0.4 is 10.9 Å². The average Bonchev–Trinajstić information content (AvgIpc) is 0.953. The first-order chi connectivity index (χ1) is 45.4. The van der Waals surface area contributed by atoms with Gasteiger partial charge in [-0.25, -0.2) is 19.9 Å². The first-order valence-electron chi connectivity index (χ1n) is 36.4. The molecule has 2 heterocycles. The van der Waals surface area contributed by atoms with Gasteiger partial charge in [-0.2, -0.15) is 0 Å². The monoisotopic (exact) mass is 1240 g/mol. The molecule has 0 atom stereocenters. The summed E-state index contributed by atoms with van der Waals surface area (Å²) in [6, 6.07) is 41.5. The summed E-state index contributed by atoms with van der Waals surface area (Å²) < 4.78 is 0. The SMILES string of the molecule is O=c1c2ccccc2c2nc3cc4c(C#C[Si](C5CCCCC5)(C5CCCCC5)C5CCCCC5)c5cc6nc7c8ccccc8c(=O)c8ccccc8c7nc6cc5c(C#C[Si](C5CCCCC5)(C5CCCCC5)C5CCCCC5)c4cc3nc2c2ccccc12. The molecule has 0 amide bonds. The predicted octanol–water partition coefficient (Wildman–Crippen LogP) is 22.2. The lowest BCUT2D eigenvalue weighted by molar-refractivity contribution is 0.421. The van der Waals surface area contributed by atoms with Crippen LogP contribution in [-0.2, 0) is 0 Å². The van der Waals surface area contributed by atoms with E-state index in [1.54, 1.807) is 0 Å². The predicted molar refractivity (Wildman–Crippen MR) is 391 cm³/mol. The van der Waals surface area contributed by atoms with Crippen molar-refractivity contribution >= 4 is 125 Å². The third-order valence-electron chi connectivity index (χ3n) is 24.9. The zero-order valence-corrected chi connectivity index (χ0v) is 55.8. The average molecular weight is 1240 g/mol. The van der Waals surface area contributed by atoms with Gasteiger partial charge in [0, 0.05) is 75.8 Å². The number of benzene rings is 7. The van der Waals surface area contributed by atoms with Crippen LogP contribution in [0.1, 0.15) is 204 Å². The minimum atomic E-state index is -2.38. The summed E-state index contributed by atoms with van der Waals surface area (Å²) in [5.41, 5.74) is 22.0. The van der Waals surface area contributed by atoms with Gasteiger partial charge in [0.15, 0.2) is 10.9 Å². The molecule has 6 saturated carbocycles. The number of aromatic nitrogens is 4. The van der Waals surface area contributed by atoms with Crippen molar-refractivity contribution in [2.75, 3.05) is 0 Å². The minimum absolute atomic E-state index is 0.000142. The van der Waals surface area contributed by atoms with Crippen molar-refractivity contribution in [2.45, 2.75) is 226 Å². The molecule has 6 nitrogen and oxygen atoms in total. The van der Waals surface area contributed by atoms with Crippen molar-refractivity contribution in [2.24, 2.45) is 0 Å². The van der Waals surface area contributed by atoms with Gasteiger partial charge in [0.05, 0.1) is 44.1 Å². The fourth-order valence-electron chi connectivity index (χ4n) is 20.6. The Morgan fingerprint density at radius 2 is 0.457 bits per heavy atom. The smallest absolute Gasteiger partial charge is 0.194 e. The molecule has 6 fully saturated rings. The van der Waals surface area contributed by atoms with Crippen molar-refractivity contribution in [3.8, 4) is 22.9 Å². The molecule has 8 heteroatoms. The highest BCUT2D eigenvalue weighted by molar-refractivity contribution is 6.91. The molecule has 6 aliphatic rings. The lowest BCUT2D eigenvalue weighted by atomic mass is 9.91. The molecule has 0 spiro atoms. The Balaban J connectivity index is 1.05. The Morgan fingerprint density at radius 3 is 0.663 bits per heavy atom. The van der Waals surface area contributed by atoms with Crippen LogP contribution in [0.3, 0.4) is 0 Å². The Labute approximate surface area is 543 Å². The van der Waals surface area contributed by atoms with E-state index < -0.39 is 16.1 Å². The summed E-state index contributed by atoms with van der Waals surface area (Å²) in [5, 5.41) is 10.3. The van der Waals surface area contributed by atoms with Crippen molar-refractivity contribution in [1.29, 1.82) is 0 Å². The molecule has 11 aromatic rings. The number of fused-ring (bicyclic) bond motifs is 14. The van der Waals surface area contributed by atoms with E-state index in [9.17, 15) is 9.59 Å². The standard InChI is InChI=1S/C84H86N4O2Si2/c89-83-67-43-23-19-39-63(67)79-81(65-41-21-25-45-69(65)83)87-77-53-73-62(48-50-92(58-33-13-4-14-34-58,59-35-15-5-16-36-59)60-37-17-6-18-38-60)74-54-78-76(86-80-64-40-20-24-44-68(64)84(90)70-46-26-22-42-66(70)82(80)88-78)52-72(74)61(71(73)51-75(77)85-79)47-49-91(55-27-7-1-8-28-55,56-29-9-2-10-30-56)57-31-11-3-12-32-57/h19-26,39-46,51-60H,1-18,27-38H2. The lowest BCUT2D eigenvalue weighted by Gasteiger charge is -2.50. The van der Waals surface area contributed by atoms with Crippen LogP contribution in [0.15, 0.2) is 131 Å². The van der Waals surface area contributed by atoms with Gasteiger partial charge in [0.1, 0.15) is 16.1 Å². The van der Waals surface area contributed by atoms with E-state index in [1.807, 2.05) is 72.8 Å². The van der Waals surface area contributed by atoms with Gasteiger partial charge < -0.3 is 0 Å². The molecule has 0 aliphatic heterocycles. The second kappa shape index (κ2) is 24.5. The van der Waals surface area contributed by atoms with Gasteiger partial charge in [0.2, 0.25) is 0 Å². The zero-order valence-electron chi connectivity index (χ0n) is 53.8. The maximum Gasteiger partial charge on any atom is 0.194 e. The van der Waals surface area contributed by atoms with E-state index in [1.165, 1.54) is 193 Å². The summed E-state index contributed by atoms with van der Waals surface area (Å²) in [5.74, 6) is 8.90. The van der Waals surface area contributed by atoms with E-state index in [0.29, 0.717) is 54.8 Å². The highest BCUT2D eigenvalue weighted by atomic mass is 28.3. The lowest BCUT2D eigenvalue weighted by Crippen LogP contribution is -2.50. The molecule has 17 rings (SSSR count). The fraction of sp³-hybridized carbons (Fsp3) is 0.429.